The zero-order valence-electron chi connectivity index (χ0n) is 10.9. The van der Waals surface area contributed by atoms with Crippen molar-refractivity contribution < 1.29 is 14.0 Å². The molecule has 108 valence electrons. The molecule has 2 rings (SSSR count). The predicted molar refractivity (Wildman–Crippen MR) is 77.2 cm³/mol. The smallest absolute Gasteiger partial charge is 0.272 e. The Morgan fingerprint density at radius 3 is 2.48 bits per heavy atom. The zero-order chi connectivity index (χ0) is 15.2. The minimum Gasteiger partial charge on any atom is -0.273 e. The molecule has 4 nitrogen and oxygen atoms in total. The molecule has 21 heavy (non-hydrogen) atoms. The summed E-state index contributed by atoms with van der Waals surface area (Å²) in [6.07, 6.45) is 0.110. The van der Waals surface area contributed by atoms with Crippen LogP contribution in [0.25, 0.3) is 0 Å². The van der Waals surface area contributed by atoms with Crippen LogP contribution in [0.3, 0.4) is 0 Å². The normalized spacial score (nSPS) is 10.0. The van der Waals surface area contributed by atoms with Crippen LogP contribution in [-0.2, 0) is 11.2 Å². The molecule has 0 fully saturated rings. The van der Waals surface area contributed by atoms with E-state index >= 15 is 0 Å². The van der Waals surface area contributed by atoms with E-state index in [1.165, 1.54) is 12.1 Å². The van der Waals surface area contributed by atoms with Gasteiger partial charge in [-0.3, -0.25) is 20.4 Å². The molecule has 2 aromatic rings. The van der Waals surface area contributed by atoms with E-state index in [2.05, 4.69) is 10.9 Å². The second-order valence-electron chi connectivity index (χ2n) is 4.29. The van der Waals surface area contributed by atoms with Gasteiger partial charge in [0.1, 0.15) is 5.82 Å². The molecule has 2 aromatic carbocycles. The quantitative estimate of drug-likeness (QED) is 0.856. The van der Waals surface area contributed by atoms with Gasteiger partial charge in [0.25, 0.3) is 5.91 Å². The van der Waals surface area contributed by atoms with Crippen LogP contribution in [0, 0.1) is 5.82 Å². The SMILES string of the molecule is O=C(Cc1ccccc1)NNC(=O)c1cc(Cl)ccc1F. The maximum absolute atomic E-state index is 13.5. The van der Waals surface area contributed by atoms with E-state index in [1.54, 1.807) is 12.1 Å². The van der Waals surface area contributed by atoms with Gasteiger partial charge < -0.3 is 0 Å². The van der Waals surface area contributed by atoms with Crippen LogP contribution >= 0.6 is 11.6 Å². The first kappa shape index (κ1) is 15.0. The summed E-state index contributed by atoms with van der Waals surface area (Å²) in [6, 6.07) is 12.6. The lowest BCUT2D eigenvalue weighted by Crippen LogP contribution is -2.42. The third-order valence-electron chi connectivity index (χ3n) is 2.70. The van der Waals surface area contributed by atoms with Gasteiger partial charge in [0.2, 0.25) is 5.91 Å². The van der Waals surface area contributed by atoms with Crippen molar-refractivity contribution in [2.24, 2.45) is 0 Å². The zero-order valence-corrected chi connectivity index (χ0v) is 11.7. The van der Waals surface area contributed by atoms with Crippen molar-refractivity contribution in [1.29, 1.82) is 0 Å². The molecule has 0 saturated carbocycles. The molecule has 0 atom stereocenters. The van der Waals surface area contributed by atoms with Gasteiger partial charge >= 0.3 is 0 Å². The summed E-state index contributed by atoms with van der Waals surface area (Å²) in [5.74, 6) is -1.89. The molecule has 0 saturated heterocycles. The van der Waals surface area contributed by atoms with E-state index in [-0.39, 0.29) is 17.0 Å². The van der Waals surface area contributed by atoms with Crippen LogP contribution in [0.2, 0.25) is 5.02 Å². The average molecular weight is 307 g/mol. The Bertz CT molecular complexity index is 662. The van der Waals surface area contributed by atoms with E-state index in [0.29, 0.717) is 0 Å². The maximum atomic E-state index is 13.5. The first-order valence-corrected chi connectivity index (χ1v) is 6.52. The number of nitrogens with one attached hydrogen (secondary N) is 2. The van der Waals surface area contributed by atoms with Crippen LogP contribution < -0.4 is 10.9 Å². The minimum atomic E-state index is -0.767. The molecular formula is C15H12ClFN2O2. The van der Waals surface area contributed by atoms with Crippen LogP contribution in [0.5, 0.6) is 0 Å². The molecule has 2 amide bonds. The van der Waals surface area contributed by atoms with E-state index in [0.717, 1.165) is 11.6 Å². The molecule has 0 aliphatic carbocycles. The van der Waals surface area contributed by atoms with E-state index in [4.69, 9.17) is 11.6 Å². The summed E-state index contributed by atoms with van der Waals surface area (Å²) >= 11 is 5.70. The summed E-state index contributed by atoms with van der Waals surface area (Å²) in [5, 5.41) is 0.233. The molecule has 0 radical (unpaired) electrons. The van der Waals surface area contributed by atoms with Crippen molar-refractivity contribution >= 4 is 23.4 Å². The number of hydrogen-bond acceptors (Lipinski definition) is 2. The average Bonchev–Trinajstić information content (AvgIpc) is 2.48. The first-order chi connectivity index (χ1) is 10.1. The van der Waals surface area contributed by atoms with Crippen LogP contribution in [0.1, 0.15) is 15.9 Å². The standard InChI is InChI=1S/C15H12ClFN2O2/c16-11-6-7-13(17)12(9-11)15(21)19-18-14(20)8-10-4-2-1-3-5-10/h1-7,9H,8H2,(H,18,20)(H,19,21). The molecule has 0 aliphatic rings. The molecule has 6 heteroatoms. The second kappa shape index (κ2) is 6.85. The third kappa shape index (κ3) is 4.29. The lowest BCUT2D eigenvalue weighted by Gasteiger charge is -2.08. The fourth-order valence-electron chi connectivity index (χ4n) is 1.69. The Kier molecular flexibility index (Phi) is 4.90. The summed E-state index contributed by atoms with van der Waals surface area (Å²) in [6.45, 7) is 0. The number of rotatable bonds is 3. The molecule has 2 N–H and O–H groups in total. The van der Waals surface area contributed by atoms with Gasteiger partial charge in [-0.1, -0.05) is 41.9 Å². The van der Waals surface area contributed by atoms with E-state index in [9.17, 15) is 14.0 Å². The van der Waals surface area contributed by atoms with Crippen LogP contribution in [0.15, 0.2) is 48.5 Å². The molecule has 0 aliphatic heterocycles. The summed E-state index contributed by atoms with van der Waals surface area (Å²) in [4.78, 5) is 23.4. The number of amides is 2. The summed E-state index contributed by atoms with van der Waals surface area (Å²) in [7, 11) is 0. The Hall–Kier alpha value is -2.40. The number of hydrazine groups is 1. The number of benzene rings is 2. The highest BCUT2D eigenvalue weighted by atomic mass is 35.5. The van der Waals surface area contributed by atoms with Gasteiger partial charge in [-0.05, 0) is 23.8 Å². The first-order valence-electron chi connectivity index (χ1n) is 6.14. The van der Waals surface area contributed by atoms with Crippen molar-refractivity contribution in [3.63, 3.8) is 0 Å². The molecule has 0 aromatic heterocycles. The van der Waals surface area contributed by atoms with Gasteiger partial charge in [0.15, 0.2) is 0 Å². The fourth-order valence-corrected chi connectivity index (χ4v) is 1.86. The fraction of sp³-hybridized carbons (Fsp3) is 0.0667. The lowest BCUT2D eigenvalue weighted by atomic mass is 10.1. The summed E-state index contributed by atoms with van der Waals surface area (Å²) < 4.78 is 13.5. The number of carbonyl (C=O) groups is 2. The molecule has 0 unspecified atom stereocenters. The van der Waals surface area contributed by atoms with Crippen molar-refractivity contribution in [2.75, 3.05) is 0 Å². The second-order valence-corrected chi connectivity index (χ2v) is 4.73. The van der Waals surface area contributed by atoms with E-state index in [1.807, 2.05) is 18.2 Å². The van der Waals surface area contributed by atoms with Gasteiger partial charge in [-0.15, -0.1) is 0 Å². The minimum absolute atomic E-state index is 0.110. The Morgan fingerprint density at radius 1 is 1.05 bits per heavy atom. The Balaban J connectivity index is 1.92. The highest BCUT2D eigenvalue weighted by Crippen LogP contribution is 2.14. The highest BCUT2D eigenvalue weighted by molar-refractivity contribution is 6.31. The monoisotopic (exact) mass is 306 g/mol. The number of carbonyl (C=O) groups excluding carboxylic acids is 2. The van der Waals surface area contributed by atoms with Crippen molar-refractivity contribution in [3.8, 4) is 0 Å². The summed E-state index contributed by atoms with van der Waals surface area (Å²) in [5.41, 5.74) is 4.95. The third-order valence-corrected chi connectivity index (χ3v) is 2.93. The van der Waals surface area contributed by atoms with Gasteiger partial charge in [-0.25, -0.2) is 4.39 Å². The van der Waals surface area contributed by atoms with Gasteiger partial charge in [0, 0.05) is 5.02 Å². The predicted octanol–water partition coefficient (Wildman–Crippen LogP) is 2.48. The van der Waals surface area contributed by atoms with Crippen LogP contribution in [0.4, 0.5) is 4.39 Å². The molecule has 0 heterocycles. The lowest BCUT2D eigenvalue weighted by molar-refractivity contribution is -0.121. The van der Waals surface area contributed by atoms with E-state index < -0.39 is 17.6 Å². The van der Waals surface area contributed by atoms with Crippen LogP contribution in [-0.4, -0.2) is 11.8 Å². The maximum Gasteiger partial charge on any atom is 0.272 e. The number of halogens is 2. The van der Waals surface area contributed by atoms with Crippen molar-refractivity contribution in [3.05, 3.63) is 70.5 Å². The number of hydrogen-bond donors (Lipinski definition) is 2. The van der Waals surface area contributed by atoms with Gasteiger partial charge in [0.05, 0.1) is 12.0 Å². The molecule has 0 bridgehead atoms. The molecular weight excluding hydrogens is 295 g/mol. The Labute approximate surface area is 125 Å². The molecule has 0 spiro atoms. The highest BCUT2D eigenvalue weighted by Gasteiger charge is 2.13. The topological polar surface area (TPSA) is 58.2 Å². The van der Waals surface area contributed by atoms with Crippen molar-refractivity contribution in [1.82, 2.24) is 10.9 Å². The van der Waals surface area contributed by atoms with Gasteiger partial charge in [-0.2, -0.15) is 0 Å². The Morgan fingerprint density at radius 2 is 1.76 bits per heavy atom. The van der Waals surface area contributed by atoms with Crippen molar-refractivity contribution in [2.45, 2.75) is 6.42 Å². The largest absolute Gasteiger partial charge is 0.273 e.